The monoisotopic (exact) mass is 367 g/mol. The largest absolute Gasteiger partial charge is 0.308 e. The van der Waals surface area contributed by atoms with Crippen LogP contribution in [0.25, 0.3) is 33.7 Å². The van der Waals surface area contributed by atoms with Crippen molar-refractivity contribution in [3.05, 3.63) is 78.2 Å². The quantitative estimate of drug-likeness (QED) is 0.524. The van der Waals surface area contributed by atoms with Gasteiger partial charge in [0.15, 0.2) is 11.5 Å². The van der Waals surface area contributed by atoms with Gasteiger partial charge in [-0.25, -0.2) is 15.1 Å². The Morgan fingerprint density at radius 2 is 1.75 bits per heavy atom. The van der Waals surface area contributed by atoms with Crippen LogP contribution in [-0.2, 0) is 6.54 Å². The number of tetrazole rings is 1. The molecule has 7 heteroatoms. The molecule has 1 N–H and O–H groups in total. The van der Waals surface area contributed by atoms with Crippen molar-refractivity contribution in [3.8, 4) is 22.5 Å². The van der Waals surface area contributed by atoms with Crippen LogP contribution in [0.4, 0.5) is 0 Å². The van der Waals surface area contributed by atoms with Gasteiger partial charge in [0.1, 0.15) is 11.3 Å². The average molecular weight is 367 g/mol. The Hall–Kier alpha value is -3.87. The van der Waals surface area contributed by atoms with E-state index < -0.39 is 0 Å². The highest BCUT2D eigenvalue weighted by Crippen LogP contribution is 2.30. The number of rotatable bonds is 4. The molecule has 0 saturated heterocycles. The van der Waals surface area contributed by atoms with Crippen molar-refractivity contribution in [1.29, 1.82) is 0 Å². The van der Waals surface area contributed by atoms with Crippen molar-refractivity contribution in [2.75, 3.05) is 0 Å². The molecule has 3 heterocycles. The Morgan fingerprint density at radius 1 is 0.929 bits per heavy atom. The van der Waals surface area contributed by atoms with Crippen molar-refractivity contribution in [1.82, 2.24) is 35.2 Å². The molecule has 0 amide bonds. The first-order chi connectivity index (χ1) is 13.8. The van der Waals surface area contributed by atoms with E-state index in [1.54, 1.807) is 6.20 Å². The molecule has 28 heavy (non-hydrogen) atoms. The summed E-state index contributed by atoms with van der Waals surface area (Å²) in [5.41, 5.74) is 6.19. The van der Waals surface area contributed by atoms with E-state index in [2.05, 4.69) is 65.5 Å². The zero-order valence-corrected chi connectivity index (χ0v) is 15.2. The van der Waals surface area contributed by atoms with Gasteiger partial charge in [0.05, 0.1) is 6.54 Å². The fraction of sp³-hybridized carbons (Fsp3) is 0.0952. The van der Waals surface area contributed by atoms with Crippen LogP contribution in [0.2, 0.25) is 0 Å². The van der Waals surface area contributed by atoms with E-state index in [9.17, 15) is 0 Å². The summed E-state index contributed by atoms with van der Waals surface area (Å²) in [5.74, 6) is 1.62. The summed E-state index contributed by atoms with van der Waals surface area (Å²) in [5, 5.41) is 14.3. The molecule has 7 nitrogen and oxygen atoms in total. The molecule has 5 rings (SSSR count). The lowest BCUT2D eigenvalue weighted by molar-refractivity contribution is 0.777. The van der Waals surface area contributed by atoms with Gasteiger partial charge in [-0.15, -0.1) is 5.10 Å². The molecule has 0 bridgehead atoms. The Balaban J connectivity index is 1.48. The van der Waals surface area contributed by atoms with Gasteiger partial charge in [-0.3, -0.25) is 0 Å². The number of hydrogen-bond donors (Lipinski definition) is 1. The normalized spacial score (nSPS) is 11.2. The Kier molecular flexibility index (Phi) is 3.90. The minimum Gasteiger partial charge on any atom is -0.308 e. The van der Waals surface area contributed by atoms with Crippen LogP contribution < -0.4 is 0 Å². The molecule has 2 aromatic carbocycles. The molecule has 136 valence electrons. The fourth-order valence-corrected chi connectivity index (χ4v) is 3.45. The SMILES string of the molecule is Cc1nc2cccnc2n1Cc1ccc(-c2ccccc2-c2nnn[nH]2)cc1. The van der Waals surface area contributed by atoms with Crippen LogP contribution in [0.3, 0.4) is 0 Å². The molecule has 0 spiro atoms. The van der Waals surface area contributed by atoms with Gasteiger partial charge in [-0.05, 0) is 46.2 Å². The Labute approximate surface area is 161 Å². The van der Waals surface area contributed by atoms with E-state index in [0.717, 1.165) is 40.2 Å². The molecular formula is C21H17N7. The maximum atomic E-state index is 4.59. The number of benzene rings is 2. The lowest BCUT2D eigenvalue weighted by Gasteiger charge is -2.10. The molecule has 0 aliphatic heterocycles. The van der Waals surface area contributed by atoms with Gasteiger partial charge in [0, 0.05) is 11.8 Å². The Bertz CT molecular complexity index is 1240. The number of imidazole rings is 1. The van der Waals surface area contributed by atoms with E-state index in [-0.39, 0.29) is 0 Å². The Morgan fingerprint density at radius 3 is 2.54 bits per heavy atom. The first-order valence-corrected chi connectivity index (χ1v) is 9.00. The maximum absolute atomic E-state index is 4.59. The van der Waals surface area contributed by atoms with Crippen molar-refractivity contribution >= 4 is 11.2 Å². The van der Waals surface area contributed by atoms with Crippen LogP contribution in [-0.4, -0.2) is 35.2 Å². The van der Waals surface area contributed by atoms with Crippen LogP contribution in [0.15, 0.2) is 66.9 Å². The molecule has 5 aromatic rings. The number of nitrogens with one attached hydrogen (secondary N) is 1. The lowest BCUT2D eigenvalue weighted by Crippen LogP contribution is -2.02. The van der Waals surface area contributed by atoms with Gasteiger partial charge in [0.25, 0.3) is 0 Å². The first-order valence-electron chi connectivity index (χ1n) is 9.00. The summed E-state index contributed by atoms with van der Waals surface area (Å²) in [4.78, 5) is 9.07. The fourth-order valence-electron chi connectivity index (χ4n) is 3.45. The number of hydrogen-bond acceptors (Lipinski definition) is 5. The van der Waals surface area contributed by atoms with Gasteiger partial charge < -0.3 is 4.57 Å². The van der Waals surface area contributed by atoms with E-state index in [1.165, 1.54) is 5.56 Å². The van der Waals surface area contributed by atoms with Crippen molar-refractivity contribution in [2.45, 2.75) is 13.5 Å². The second-order valence-electron chi connectivity index (χ2n) is 6.58. The van der Waals surface area contributed by atoms with Crippen LogP contribution >= 0.6 is 0 Å². The zero-order valence-electron chi connectivity index (χ0n) is 15.2. The number of fused-ring (bicyclic) bond motifs is 1. The van der Waals surface area contributed by atoms with Crippen LogP contribution in [0.5, 0.6) is 0 Å². The summed E-state index contributed by atoms with van der Waals surface area (Å²) in [6.07, 6.45) is 1.80. The predicted molar refractivity (Wildman–Crippen MR) is 106 cm³/mol. The highest BCUT2D eigenvalue weighted by atomic mass is 15.5. The minimum atomic E-state index is 0.659. The third-order valence-electron chi connectivity index (χ3n) is 4.83. The first kappa shape index (κ1) is 16.3. The molecular weight excluding hydrogens is 350 g/mol. The van der Waals surface area contributed by atoms with E-state index >= 15 is 0 Å². The summed E-state index contributed by atoms with van der Waals surface area (Å²) < 4.78 is 2.14. The number of aryl methyl sites for hydroxylation is 1. The number of aromatic nitrogens is 7. The maximum Gasteiger partial charge on any atom is 0.180 e. The molecule has 0 unspecified atom stereocenters. The zero-order chi connectivity index (χ0) is 18.9. The van der Waals surface area contributed by atoms with Gasteiger partial charge in [-0.2, -0.15) is 0 Å². The highest BCUT2D eigenvalue weighted by molar-refractivity contribution is 5.80. The van der Waals surface area contributed by atoms with E-state index in [4.69, 9.17) is 0 Å². The summed E-state index contributed by atoms with van der Waals surface area (Å²) in [6, 6.07) is 20.5. The van der Waals surface area contributed by atoms with Gasteiger partial charge in [-0.1, -0.05) is 48.5 Å². The number of H-pyrrole nitrogens is 1. The molecule has 0 aliphatic rings. The van der Waals surface area contributed by atoms with Crippen molar-refractivity contribution in [2.24, 2.45) is 0 Å². The minimum absolute atomic E-state index is 0.659. The molecule has 0 aliphatic carbocycles. The highest BCUT2D eigenvalue weighted by Gasteiger charge is 2.11. The molecule has 0 radical (unpaired) electrons. The van der Waals surface area contributed by atoms with Gasteiger partial charge >= 0.3 is 0 Å². The molecule has 3 aromatic heterocycles. The van der Waals surface area contributed by atoms with E-state index in [0.29, 0.717) is 5.82 Å². The third-order valence-corrected chi connectivity index (χ3v) is 4.83. The van der Waals surface area contributed by atoms with Crippen molar-refractivity contribution in [3.63, 3.8) is 0 Å². The van der Waals surface area contributed by atoms with Crippen molar-refractivity contribution < 1.29 is 0 Å². The standard InChI is InChI=1S/C21H17N7/c1-14-23-19-7-4-12-22-21(19)28(14)13-15-8-10-16(11-9-15)17-5-2-3-6-18(17)20-24-26-27-25-20/h2-12H,13H2,1H3,(H,24,25,26,27). The number of aromatic amines is 1. The lowest BCUT2D eigenvalue weighted by atomic mass is 9.98. The molecule has 0 fully saturated rings. The summed E-state index contributed by atoms with van der Waals surface area (Å²) in [6.45, 7) is 2.74. The van der Waals surface area contributed by atoms with Gasteiger partial charge in [0.2, 0.25) is 0 Å². The predicted octanol–water partition coefficient (Wildman–Crippen LogP) is 3.64. The summed E-state index contributed by atoms with van der Waals surface area (Å²) in [7, 11) is 0. The molecule has 0 atom stereocenters. The third kappa shape index (κ3) is 2.83. The van der Waals surface area contributed by atoms with E-state index in [1.807, 2.05) is 37.3 Å². The second kappa shape index (κ2) is 6.70. The topological polar surface area (TPSA) is 85.2 Å². The van der Waals surface area contributed by atoms with Crippen LogP contribution in [0, 0.1) is 6.92 Å². The number of pyridine rings is 1. The number of nitrogens with zero attached hydrogens (tertiary/aromatic N) is 6. The average Bonchev–Trinajstić information content (AvgIpc) is 3.37. The molecule has 0 saturated carbocycles. The second-order valence-corrected chi connectivity index (χ2v) is 6.58. The summed E-state index contributed by atoms with van der Waals surface area (Å²) >= 11 is 0. The smallest absolute Gasteiger partial charge is 0.180 e. The van der Waals surface area contributed by atoms with Crippen LogP contribution in [0.1, 0.15) is 11.4 Å².